The third-order valence-electron chi connectivity index (χ3n) is 7.37. The molecule has 1 aromatic carbocycles. The summed E-state index contributed by atoms with van der Waals surface area (Å²) in [5.74, 6) is -0.575. The first-order valence-corrected chi connectivity index (χ1v) is 12.6. The molecule has 2 aliphatic carbocycles. The second-order valence-corrected chi connectivity index (χ2v) is 9.44. The average molecular weight is 429 g/mol. The number of benzene rings is 1. The van der Waals surface area contributed by atoms with Gasteiger partial charge in [-0.25, -0.2) is 0 Å². The third kappa shape index (κ3) is 5.90. The van der Waals surface area contributed by atoms with Crippen molar-refractivity contribution < 1.29 is 19.1 Å². The quantitative estimate of drug-likeness (QED) is 0.239. The molecule has 0 N–H and O–H groups in total. The summed E-state index contributed by atoms with van der Waals surface area (Å²) in [6.45, 7) is 2.75. The molecule has 0 heterocycles. The fourth-order valence-corrected chi connectivity index (χ4v) is 5.68. The van der Waals surface area contributed by atoms with E-state index in [1.165, 1.54) is 12.8 Å². The first kappa shape index (κ1) is 23.8. The molecular formula is C27H40O4. The summed E-state index contributed by atoms with van der Waals surface area (Å²) in [6.07, 6.45) is 13.3. The predicted octanol–water partition coefficient (Wildman–Crippen LogP) is 6.61. The zero-order valence-electron chi connectivity index (χ0n) is 19.3. The molecule has 0 spiro atoms. The van der Waals surface area contributed by atoms with Crippen LogP contribution >= 0.6 is 0 Å². The van der Waals surface area contributed by atoms with Gasteiger partial charge in [-0.2, -0.15) is 0 Å². The molecule has 0 saturated heterocycles. The third-order valence-corrected chi connectivity index (χ3v) is 7.37. The lowest BCUT2D eigenvalue weighted by molar-refractivity contribution is -0.187. The lowest BCUT2D eigenvalue weighted by Gasteiger charge is -2.44. The smallest absolute Gasteiger partial charge is 0.324 e. The van der Waals surface area contributed by atoms with E-state index in [1.54, 1.807) is 0 Å². The number of carbonyl (C=O) groups is 2. The predicted molar refractivity (Wildman–Crippen MR) is 122 cm³/mol. The largest absolute Gasteiger partial charge is 0.465 e. The number of unbranched alkanes of at least 4 members (excludes halogenated alkanes) is 2. The van der Waals surface area contributed by atoms with Crippen LogP contribution in [0.3, 0.4) is 0 Å². The van der Waals surface area contributed by atoms with Crippen molar-refractivity contribution in [1.29, 1.82) is 0 Å². The maximum absolute atomic E-state index is 13.8. The van der Waals surface area contributed by atoms with Gasteiger partial charge in [0, 0.05) is 0 Å². The highest BCUT2D eigenvalue weighted by atomic mass is 16.6. The van der Waals surface area contributed by atoms with Gasteiger partial charge in [-0.05, 0) is 49.5 Å². The van der Waals surface area contributed by atoms with E-state index in [-0.39, 0.29) is 30.4 Å². The highest BCUT2D eigenvalue weighted by molar-refractivity contribution is 6.01. The SMILES string of the molecule is CCCCCOC(=O)C(C(=O)OCc1ccccc1)(C1CCCCC1)C1CCCCC1. The average Bonchev–Trinajstić information content (AvgIpc) is 2.83. The highest BCUT2D eigenvalue weighted by Gasteiger charge is 2.59. The van der Waals surface area contributed by atoms with Crippen LogP contribution in [0.1, 0.15) is 96.0 Å². The van der Waals surface area contributed by atoms with Crippen LogP contribution in [0.2, 0.25) is 0 Å². The maximum Gasteiger partial charge on any atom is 0.324 e. The van der Waals surface area contributed by atoms with Crippen molar-refractivity contribution in [2.45, 2.75) is 97.0 Å². The molecule has 31 heavy (non-hydrogen) atoms. The van der Waals surface area contributed by atoms with Gasteiger partial charge in [0.1, 0.15) is 6.61 Å². The van der Waals surface area contributed by atoms with Crippen LogP contribution in [-0.2, 0) is 25.7 Å². The molecule has 0 amide bonds. The number of esters is 2. The van der Waals surface area contributed by atoms with E-state index in [9.17, 15) is 9.59 Å². The highest BCUT2D eigenvalue weighted by Crippen LogP contribution is 2.50. The fourth-order valence-electron chi connectivity index (χ4n) is 5.68. The number of rotatable bonds is 10. The van der Waals surface area contributed by atoms with Crippen molar-refractivity contribution in [3.8, 4) is 0 Å². The Morgan fingerprint density at radius 3 is 1.90 bits per heavy atom. The van der Waals surface area contributed by atoms with Crippen molar-refractivity contribution in [2.24, 2.45) is 17.3 Å². The molecule has 4 heteroatoms. The first-order valence-electron chi connectivity index (χ1n) is 12.6. The summed E-state index contributed by atoms with van der Waals surface area (Å²) in [7, 11) is 0. The van der Waals surface area contributed by atoms with Crippen LogP contribution in [0.4, 0.5) is 0 Å². The van der Waals surface area contributed by atoms with Crippen LogP contribution in [0.25, 0.3) is 0 Å². The number of hydrogen-bond donors (Lipinski definition) is 0. The van der Waals surface area contributed by atoms with Crippen LogP contribution < -0.4 is 0 Å². The molecule has 0 bridgehead atoms. The molecule has 4 nitrogen and oxygen atoms in total. The summed E-state index contributed by atoms with van der Waals surface area (Å²) in [5.41, 5.74) is -0.185. The maximum atomic E-state index is 13.8. The Hall–Kier alpha value is -1.84. The van der Waals surface area contributed by atoms with E-state index < -0.39 is 5.41 Å². The normalized spacial score (nSPS) is 18.5. The van der Waals surface area contributed by atoms with Gasteiger partial charge in [-0.1, -0.05) is 88.6 Å². The molecule has 0 aliphatic heterocycles. The van der Waals surface area contributed by atoms with Gasteiger partial charge >= 0.3 is 11.9 Å². The Morgan fingerprint density at radius 1 is 0.806 bits per heavy atom. The van der Waals surface area contributed by atoms with Crippen molar-refractivity contribution in [1.82, 2.24) is 0 Å². The molecule has 3 rings (SSSR count). The van der Waals surface area contributed by atoms with Crippen LogP contribution in [0, 0.1) is 17.3 Å². The Labute approximate surface area is 188 Å². The zero-order chi connectivity index (χ0) is 21.9. The molecule has 0 atom stereocenters. The van der Waals surface area contributed by atoms with E-state index in [2.05, 4.69) is 6.92 Å². The van der Waals surface area contributed by atoms with Gasteiger partial charge in [0.05, 0.1) is 6.61 Å². The molecule has 2 aliphatic rings. The second kappa shape index (κ2) is 12.3. The minimum Gasteiger partial charge on any atom is -0.465 e. The lowest BCUT2D eigenvalue weighted by Crippen LogP contribution is -2.54. The monoisotopic (exact) mass is 428 g/mol. The Balaban J connectivity index is 1.87. The van der Waals surface area contributed by atoms with Crippen molar-refractivity contribution in [3.05, 3.63) is 35.9 Å². The molecule has 1 aromatic rings. The summed E-state index contributed by atoms with van der Waals surface area (Å²) < 4.78 is 11.8. The zero-order valence-corrected chi connectivity index (χ0v) is 19.3. The van der Waals surface area contributed by atoms with E-state index in [0.717, 1.165) is 76.2 Å². The minimum absolute atomic E-state index is 0.0336. The molecule has 0 radical (unpaired) electrons. The summed E-state index contributed by atoms with van der Waals surface area (Å²) >= 11 is 0. The van der Waals surface area contributed by atoms with Crippen molar-refractivity contribution in [2.75, 3.05) is 6.61 Å². The molecule has 172 valence electrons. The van der Waals surface area contributed by atoms with E-state index in [4.69, 9.17) is 9.47 Å². The number of carbonyl (C=O) groups excluding carboxylic acids is 2. The summed E-state index contributed by atoms with van der Waals surface area (Å²) in [5, 5.41) is 0. The van der Waals surface area contributed by atoms with Gasteiger partial charge in [-0.15, -0.1) is 0 Å². The second-order valence-electron chi connectivity index (χ2n) is 9.44. The van der Waals surface area contributed by atoms with Crippen LogP contribution in [0.15, 0.2) is 30.3 Å². The molecule has 0 aromatic heterocycles. The Kier molecular flexibility index (Phi) is 9.42. The van der Waals surface area contributed by atoms with E-state index in [1.807, 2.05) is 30.3 Å². The lowest BCUT2D eigenvalue weighted by atomic mass is 9.58. The molecule has 0 unspecified atom stereocenters. The van der Waals surface area contributed by atoms with Crippen molar-refractivity contribution in [3.63, 3.8) is 0 Å². The fraction of sp³-hybridized carbons (Fsp3) is 0.704. The first-order chi connectivity index (χ1) is 15.2. The van der Waals surface area contributed by atoms with E-state index >= 15 is 0 Å². The standard InChI is InChI=1S/C27H40O4/c1-2-3-13-20-30-25(28)27(23-16-9-5-10-17-23,24-18-11-6-12-19-24)26(29)31-21-22-14-7-4-8-15-22/h4,7-8,14-15,23-24H,2-3,5-6,9-13,16-21H2,1H3. The van der Waals surface area contributed by atoms with E-state index in [0.29, 0.717) is 6.61 Å². The molecular weight excluding hydrogens is 388 g/mol. The number of ether oxygens (including phenoxy) is 2. The van der Waals surface area contributed by atoms with Gasteiger partial charge < -0.3 is 9.47 Å². The topological polar surface area (TPSA) is 52.6 Å². The Morgan fingerprint density at radius 2 is 1.35 bits per heavy atom. The summed E-state index contributed by atoms with van der Waals surface area (Å²) in [6, 6.07) is 9.76. The van der Waals surface area contributed by atoms with Crippen LogP contribution in [0.5, 0.6) is 0 Å². The summed E-state index contributed by atoms with van der Waals surface area (Å²) in [4.78, 5) is 27.6. The van der Waals surface area contributed by atoms with Gasteiger partial charge in [0.25, 0.3) is 0 Å². The van der Waals surface area contributed by atoms with Gasteiger partial charge in [0.15, 0.2) is 5.41 Å². The molecule has 2 saturated carbocycles. The molecule has 2 fully saturated rings. The minimum atomic E-state index is -1.14. The Bertz CT molecular complexity index is 654. The van der Waals surface area contributed by atoms with Crippen LogP contribution in [-0.4, -0.2) is 18.5 Å². The van der Waals surface area contributed by atoms with Crippen molar-refractivity contribution >= 4 is 11.9 Å². The number of hydrogen-bond acceptors (Lipinski definition) is 4. The van der Waals surface area contributed by atoms with Gasteiger partial charge in [0.2, 0.25) is 0 Å². The van der Waals surface area contributed by atoms with Gasteiger partial charge in [-0.3, -0.25) is 9.59 Å².